The Morgan fingerprint density at radius 3 is 2.65 bits per heavy atom. The molecule has 17 heavy (non-hydrogen) atoms. The molecule has 0 aliphatic carbocycles. The molecule has 6 heteroatoms. The lowest BCUT2D eigenvalue weighted by Crippen LogP contribution is -2.39. The molecule has 1 aromatic rings. The fraction of sp³-hybridized carbons (Fsp3) is 0.636. The maximum atomic E-state index is 5.86. The van der Waals surface area contributed by atoms with Crippen LogP contribution in [0.4, 0.5) is 5.82 Å². The second-order valence-corrected chi connectivity index (χ2v) is 4.58. The first-order valence-electron chi connectivity index (χ1n) is 5.48. The first kappa shape index (κ1) is 14.3. The predicted octanol–water partition coefficient (Wildman–Crippen LogP) is 2.91. The van der Waals surface area contributed by atoms with Crippen LogP contribution in [0, 0.1) is 0 Å². The smallest absolute Gasteiger partial charge is 0.234 e. The highest BCUT2D eigenvalue weighted by molar-refractivity contribution is 6.22. The molecule has 1 heterocycles. The molecule has 0 bridgehead atoms. The van der Waals surface area contributed by atoms with E-state index in [-0.39, 0.29) is 0 Å². The number of nitrogens with one attached hydrogen (secondary N) is 1. The van der Waals surface area contributed by atoms with Crippen LogP contribution < -0.4 is 10.1 Å². The van der Waals surface area contributed by atoms with Crippen LogP contribution in [0.5, 0.6) is 5.88 Å². The number of anilines is 1. The topological polar surface area (TPSA) is 47.0 Å². The zero-order chi connectivity index (χ0) is 12.7. The summed E-state index contributed by atoms with van der Waals surface area (Å²) in [6, 6.07) is 0. The largest absolute Gasteiger partial charge is 0.477 e. The number of nitrogens with zero attached hydrogens (tertiary/aromatic N) is 2. The molecule has 0 fully saturated rings. The lowest BCUT2D eigenvalue weighted by atomic mass is 10.1. The molecule has 0 aromatic carbocycles. The third kappa shape index (κ3) is 4.56. The molecule has 1 rings (SSSR count). The van der Waals surface area contributed by atoms with Gasteiger partial charge in [0.25, 0.3) is 0 Å². The van der Waals surface area contributed by atoms with Crippen LogP contribution in [0.1, 0.15) is 20.3 Å². The monoisotopic (exact) mass is 277 g/mol. The molecular formula is C11H17Cl2N3O. The quantitative estimate of drug-likeness (QED) is 0.779. The van der Waals surface area contributed by atoms with Crippen LogP contribution in [0.25, 0.3) is 0 Å². The van der Waals surface area contributed by atoms with E-state index in [9.17, 15) is 0 Å². The van der Waals surface area contributed by atoms with E-state index in [0.717, 1.165) is 6.42 Å². The fourth-order valence-corrected chi connectivity index (χ4v) is 1.52. The Morgan fingerprint density at radius 2 is 2.06 bits per heavy atom. The van der Waals surface area contributed by atoms with Crippen LogP contribution >= 0.6 is 23.2 Å². The van der Waals surface area contributed by atoms with Crippen LogP contribution in [0.15, 0.2) is 12.4 Å². The molecule has 1 N–H and O–H groups in total. The Labute approximate surface area is 112 Å². The molecule has 1 aromatic heterocycles. The Hall–Kier alpha value is -0.740. The van der Waals surface area contributed by atoms with Crippen molar-refractivity contribution in [3.63, 3.8) is 0 Å². The van der Waals surface area contributed by atoms with Gasteiger partial charge in [-0.25, -0.2) is 0 Å². The third-order valence-electron chi connectivity index (χ3n) is 2.09. The summed E-state index contributed by atoms with van der Waals surface area (Å²) in [5.41, 5.74) is -0.402. The summed E-state index contributed by atoms with van der Waals surface area (Å²) in [7, 11) is 0. The summed E-state index contributed by atoms with van der Waals surface area (Å²) in [6.07, 6.45) is 4.14. The van der Waals surface area contributed by atoms with Crippen molar-refractivity contribution in [3.05, 3.63) is 12.4 Å². The highest BCUT2D eigenvalue weighted by Gasteiger charge is 2.22. The molecule has 0 atom stereocenters. The van der Waals surface area contributed by atoms with Crippen LogP contribution in [-0.2, 0) is 0 Å². The zero-order valence-corrected chi connectivity index (χ0v) is 11.6. The molecule has 0 saturated heterocycles. The van der Waals surface area contributed by atoms with Gasteiger partial charge in [0.15, 0.2) is 0 Å². The van der Waals surface area contributed by atoms with Gasteiger partial charge in [-0.1, -0.05) is 6.92 Å². The normalized spacial score (nSPS) is 11.3. The summed E-state index contributed by atoms with van der Waals surface area (Å²) in [5.74, 6) is 1.89. The van der Waals surface area contributed by atoms with Crippen molar-refractivity contribution in [1.29, 1.82) is 0 Å². The molecule has 0 radical (unpaired) electrons. The van der Waals surface area contributed by atoms with E-state index in [1.807, 2.05) is 13.8 Å². The summed E-state index contributed by atoms with van der Waals surface area (Å²) >= 11 is 11.7. The molecule has 96 valence electrons. The lowest BCUT2D eigenvalue weighted by Gasteiger charge is -2.26. The molecule has 0 amide bonds. The minimum atomic E-state index is -0.402. The number of hydrogen-bond donors (Lipinski definition) is 1. The molecule has 0 saturated carbocycles. The Kier molecular flexibility index (Phi) is 5.78. The molecule has 0 aliphatic heterocycles. The average Bonchev–Trinajstić information content (AvgIpc) is 2.36. The molecule has 0 unspecified atom stereocenters. The van der Waals surface area contributed by atoms with Gasteiger partial charge in [0.2, 0.25) is 5.88 Å². The highest BCUT2D eigenvalue weighted by atomic mass is 35.5. The molecule has 4 nitrogen and oxygen atoms in total. The lowest BCUT2D eigenvalue weighted by molar-refractivity contribution is 0.304. The van der Waals surface area contributed by atoms with Crippen molar-refractivity contribution in [3.8, 4) is 5.88 Å². The minimum Gasteiger partial charge on any atom is -0.477 e. The van der Waals surface area contributed by atoms with Gasteiger partial charge in [0.1, 0.15) is 5.82 Å². The average molecular weight is 278 g/mol. The summed E-state index contributed by atoms with van der Waals surface area (Å²) < 4.78 is 5.40. The molecule has 0 aliphatic rings. The van der Waals surface area contributed by atoms with Crippen LogP contribution in [0.3, 0.4) is 0 Å². The van der Waals surface area contributed by atoms with Crippen molar-refractivity contribution in [2.75, 3.05) is 23.7 Å². The van der Waals surface area contributed by atoms with Crippen molar-refractivity contribution >= 4 is 29.0 Å². The van der Waals surface area contributed by atoms with Crippen molar-refractivity contribution in [1.82, 2.24) is 9.97 Å². The number of aromatic nitrogens is 2. The van der Waals surface area contributed by atoms with E-state index in [1.54, 1.807) is 12.4 Å². The van der Waals surface area contributed by atoms with Crippen LogP contribution in [-0.4, -0.2) is 33.9 Å². The minimum absolute atomic E-state index is 0.387. The standard InChI is InChI=1S/C11H17Cl2N3O/c1-3-4-17-10-6-14-5-9(15-10)16-11(2,7-12)8-13/h5-6H,3-4,7-8H2,1-2H3,(H,15,16). The van der Waals surface area contributed by atoms with Gasteiger partial charge in [0, 0.05) is 11.8 Å². The van der Waals surface area contributed by atoms with Crippen LogP contribution in [0.2, 0.25) is 0 Å². The van der Waals surface area contributed by atoms with Gasteiger partial charge in [-0.05, 0) is 13.3 Å². The first-order valence-corrected chi connectivity index (χ1v) is 6.55. The third-order valence-corrected chi connectivity index (χ3v) is 3.27. The zero-order valence-electron chi connectivity index (χ0n) is 10.0. The predicted molar refractivity (Wildman–Crippen MR) is 71.3 cm³/mol. The summed E-state index contributed by atoms with van der Waals surface area (Å²) in [6.45, 7) is 4.59. The Bertz CT molecular complexity index is 345. The fourth-order valence-electron chi connectivity index (χ4n) is 1.10. The van der Waals surface area contributed by atoms with Gasteiger partial charge in [-0.15, -0.1) is 23.2 Å². The van der Waals surface area contributed by atoms with Gasteiger partial charge in [-0.3, -0.25) is 4.98 Å². The van der Waals surface area contributed by atoms with E-state index in [2.05, 4.69) is 15.3 Å². The molecular weight excluding hydrogens is 261 g/mol. The number of hydrogen-bond acceptors (Lipinski definition) is 4. The van der Waals surface area contributed by atoms with E-state index in [0.29, 0.717) is 30.1 Å². The molecule has 0 spiro atoms. The maximum Gasteiger partial charge on any atom is 0.234 e. The van der Waals surface area contributed by atoms with E-state index >= 15 is 0 Å². The maximum absolute atomic E-state index is 5.86. The second kappa shape index (κ2) is 6.87. The van der Waals surface area contributed by atoms with Gasteiger partial charge >= 0.3 is 0 Å². The van der Waals surface area contributed by atoms with Crippen molar-refractivity contribution in [2.45, 2.75) is 25.8 Å². The Morgan fingerprint density at radius 1 is 1.35 bits per heavy atom. The van der Waals surface area contributed by atoms with E-state index in [4.69, 9.17) is 27.9 Å². The Balaban J connectivity index is 2.71. The van der Waals surface area contributed by atoms with Gasteiger partial charge < -0.3 is 10.1 Å². The second-order valence-electron chi connectivity index (χ2n) is 4.04. The number of rotatable bonds is 7. The van der Waals surface area contributed by atoms with Crippen molar-refractivity contribution < 1.29 is 4.74 Å². The highest BCUT2D eigenvalue weighted by Crippen LogP contribution is 2.17. The first-order chi connectivity index (χ1) is 8.13. The van der Waals surface area contributed by atoms with E-state index < -0.39 is 5.54 Å². The summed E-state index contributed by atoms with van der Waals surface area (Å²) in [4.78, 5) is 8.33. The SMILES string of the molecule is CCCOc1cncc(NC(C)(CCl)CCl)n1. The van der Waals surface area contributed by atoms with Crippen molar-refractivity contribution in [2.24, 2.45) is 0 Å². The summed E-state index contributed by atoms with van der Waals surface area (Å²) in [5, 5.41) is 3.15. The van der Waals surface area contributed by atoms with Gasteiger partial charge in [-0.2, -0.15) is 4.98 Å². The van der Waals surface area contributed by atoms with Gasteiger partial charge in [0.05, 0.1) is 24.5 Å². The number of alkyl halides is 2. The number of halogens is 2. The number of ether oxygens (including phenoxy) is 1. The van der Waals surface area contributed by atoms with E-state index in [1.165, 1.54) is 0 Å².